The number of ether oxygens (including phenoxy) is 2. The number of benzene rings is 1. The van der Waals surface area contributed by atoms with Gasteiger partial charge in [-0.1, -0.05) is 12.2 Å². The first kappa shape index (κ1) is 13.0. The fourth-order valence-electron chi connectivity index (χ4n) is 2.11. The lowest BCUT2D eigenvalue weighted by atomic mass is 10.1. The standard InChI is InChI=1S/C15H20O3/c1-4-17-14-9-13-7-11(3)18-15(13)8-12(14)6-5-10(2)16/h5-6,8-11,16H,4,7H2,1-3H3/b6-5+. The topological polar surface area (TPSA) is 38.7 Å². The first-order valence-electron chi connectivity index (χ1n) is 6.42. The van der Waals surface area contributed by atoms with Gasteiger partial charge < -0.3 is 14.6 Å². The molecule has 0 fully saturated rings. The van der Waals surface area contributed by atoms with Crippen molar-refractivity contribution < 1.29 is 14.6 Å². The van der Waals surface area contributed by atoms with Crippen molar-refractivity contribution >= 4 is 6.08 Å². The van der Waals surface area contributed by atoms with Gasteiger partial charge in [0.05, 0.1) is 12.7 Å². The van der Waals surface area contributed by atoms with Crippen LogP contribution >= 0.6 is 0 Å². The third-order valence-electron chi connectivity index (χ3n) is 2.88. The molecule has 0 aromatic heterocycles. The Hall–Kier alpha value is -1.48. The second kappa shape index (κ2) is 5.44. The summed E-state index contributed by atoms with van der Waals surface area (Å²) in [7, 11) is 0. The molecule has 1 aliphatic rings. The molecule has 1 aromatic rings. The fourth-order valence-corrected chi connectivity index (χ4v) is 2.11. The lowest BCUT2D eigenvalue weighted by Crippen LogP contribution is -2.05. The average molecular weight is 248 g/mol. The summed E-state index contributed by atoms with van der Waals surface area (Å²) in [6.45, 7) is 6.38. The van der Waals surface area contributed by atoms with E-state index in [9.17, 15) is 5.11 Å². The van der Waals surface area contributed by atoms with E-state index in [4.69, 9.17) is 9.47 Å². The second-order valence-electron chi connectivity index (χ2n) is 4.66. The van der Waals surface area contributed by atoms with Crippen LogP contribution in [0.5, 0.6) is 11.5 Å². The molecule has 18 heavy (non-hydrogen) atoms. The summed E-state index contributed by atoms with van der Waals surface area (Å²) in [5, 5.41) is 9.31. The van der Waals surface area contributed by atoms with Crippen molar-refractivity contribution in [2.24, 2.45) is 0 Å². The van der Waals surface area contributed by atoms with Gasteiger partial charge in [0.1, 0.15) is 17.6 Å². The molecular weight excluding hydrogens is 228 g/mol. The molecule has 0 aliphatic carbocycles. The molecule has 98 valence electrons. The second-order valence-corrected chi connectivity index (χ2v) is 4.66. The number of aliphatic hydroxyl groups is 1. The number of aliphatic hydroxyl groups excluding tert-OH is 1. The van der Waals surface area contributed by atoms with Crippen LogP contribution < -0.4 is 9.47 Å². The molecule has 3 heteroatoms. The lowest BCUT2D eigenvalue weighted by molar-refractivity contribution is 0.245. The number of hydrogen-bond donors (Lipinski definition) is 1. The Bertz CT molecular complexity index is 449. The lowest BCUT2D eigenvalue weighted by Gasteiger charge is -2.10. The molecule has 3 nitrogen and oxygen atoms in total. The summed E-state index contributed by atoms with van der Waals surface area (Å²) in [6, 6.07) is 4.03. The molecule has 2 unspecified atom stereocenters. The normalized spacial score (nSPS) is 19.7. The van der Waals surface area contributed by atoms with Crippen LogP contribution in [0, 0.1) is 0 Å². The van der Waals surface area contributed by atoms with Gasteiger partial charge in [-0.3, -0.25) is 0 Å². The summed E-state index contributed by atoms with van der Waals surface area (Å²) in [4.78, 5) is 0. The highest BCUT2D eigenvalue weighted by Gasteiger charge is 2.21. The van der Waals surface area contributed by atoms with Gasteiger partial charge in [0.15, 0.2) is 0 Å². The van der Waals surface area contributed by atoms with Gasteiger partial charge in [-0.2, -0.15) is 0 Å². The Balaban J connectivity index is 2.35. The van der Waals surface area contributed by atoms with Gasteiger partial charge in [0.25, 0.3) is 0 Å². The average Bonchev–Trinajstić information content (AvgIpc) is 2.65. The highest BCUT2D eigenvalue weighted by molar-refractivity contribution is 5.62. The number of rotatable bonds is 4. The van der Waals surface area contributed by atoms with Crippen LogP contribution in [0.4, 0.5) is 0 Å². The molecule has 1 aromatic carbocycles. The van der Waals surface area contributed by atoms with Crippen molar-refractivity contribution in [2.75, 3.05) is 6.61 Å². The Morgan fingerprint density at radius 2 is 2.33 bits per heavy atom. The fraction of sp³-hybridized carbons (Fsp3) is 0.467. The summed E-state index contributed by atoms with van der Waals surface area (Å²) in [5.74, 6) is 1.78. The molecule has 1 heterocycles. The van der Waals surface area contributed by atoms with E-state index >= 15 is 0 Å². The van der Waals surface area contributed by atoms with Gasteiger partial charge in [-0.15, -0.1) is 0 Å². The molecule has 0 amide bonds. The minimum absolute atomic E-state index is 0.227. The highest BCUT2D eigenvalue weighted by atomic mass is 16.5. The van der Waals surface area contributed by atoms with E-state index in [0.29, 0.717) is 6.61 Å². The van der Waals surface area contributed by atoms with Crippen LogP contribution in [0.3, 0.4) is 0 Å². The zero-order valence-electron chi connectivity index (χ0n) is 11.1. The first-order valence-corrected chi connectivity index (χ1v) is 6.42. The van der Waals surface area contributed by atoms with E-state index < -0.39 is 6.10 Å². The minimum Gasteiger partial charge on any atom is -0.493 e. The minimum atomic E-state index is -0.465. The van der Waals surface area contributed by atoms with Crippen molar-refractivity contribution in [3.63, 3.8) is 0 Å². The van der Waals surface area contributed by atoms with E-state index in [1.165, 1.54) is 5.56 Å². The Morgan fingerprint density at radius 3 is 3.00 bits per heavy atom. The van der Waals surface area contributed by atoms with Gasteiger partial charge in [-0.05, 0) is 32.9 Å². The molecule has 1 N–H and O–H groups in total. The molecule has 0 saturated carbocycles. The van der Waals surface area contributed by atoms with Gasteiger partial charge in [0, 0.05) is 17.5 Å². The van der Waals surface area contributed by atoms with E-state index in [-0.39, 0.29) is 6.10 Å². The molecule has 1 aliphatic heterocycles. The maximum absolute atomic E-state index is 9.31. The molecule has 2 rings (SSSR count). The van der Waals surface area contributed by atoms with Crippen LogP contribution in [0.1, 0.15) is 31.9 Å². The van der Waals surface area contributed by atoms with Gasteiger partial charge >= 0.3 is 0 Å². The van der Waals surface area contributed by atoms with Gasteiger partial charge in [0.2, 0.25) is 0 Å². The van der Waals surface area contributed by atoms with Gasteiger partial charge in [-0.25, -0.2) is 0 Å². The first-order chi connectivity index (χ1) is 8.60. The largest absolute Gasteiger partial charge is 0.493 e. The van der Waals surface area contributed by atoms with Crippen molar-refractivity contribution in [3.05, 3.63) is 29.3 Å². The number of fused-ring (bicyclic) bond motifs is 1. The number of hydrogen-bond acceptors (Lipinski definition) is 3. The van der Waals surface area contributed by atoms with Crippen molar-refractivity contribution in [2.45, 2.75) is 39.4 Å². The Morgan fingerprint density at radius 1 is 1.56 bits per heavy atom. The summed E-state index contributed by atoms with van der Waals surface area (Å²) in [6.07, 6.45) is 4.30. The van der Waals surface area contributed by atoms with E-state index in [1.807, 2.05) is 25.1 Å². The van der Waals surface area contributed by atoms with Crippen LogP contribution in [-0.4, -0.2) is 23.9 Å². The molecule has 0 saturated heterocycles. The summed E-state index contributed by atoms with van der Waals surface area (Å²) in [5.41, 5.74) is 2.14. The predicted molar refractivity (Wildman–Crippen MR) is 72.1 cm³/mol. The molecular formula is C15H20O3. The Labute approximate surface area is 108 Å². The predicted octanol–water partition coefficient (Wildman–Crippen LogP) is 2.80. The molecule has 0 bridgehead atoms. The van der Waals surface area contributed by atoms with Crippen LogP contribution in [0.2, 0.25) is 0 Å². The zero-order chi connectivity index (χ0) is 13.1. The quantitative estimate of drug-likeness (QED) is 0.890. The third-order valence-corrected chi connectivity index (χ3v) is 2.88. The van der Waals surface area contributed by atoms with E-state index in [2.05, 4.69) is 6.92 Å². The van der Waals surface area contributed by atoms with Crippen LogP contribution in [0.15, 0.2) is 18.2 Å². The maximum Gasteiger partial charge on any atom is 0.127 e. The van der Waals surface area contributed by atoms with Crippen molar-refractivity contribution in [1.82, 2.24) is 0 Å². The molecule has 0 spiro atoms. The highest BCUT2D eigenvalue weighted by Crippen LogP contribution is 2.35. The third kappa shape index (κ3) is 2.85. The van der Waals surface area contributed by atoms with Crippen molar-refractivity contribution in [1.29, 1.82) is 0 Å². The zero-order valence-corrected chi connectivity index (χ0v) is 11.1. The smallest absolute Gasteiger partial charge is 0.127 e. The maximum atomic E-state index is 9.31. The monoisotopic (exact) mass is 248 g/mol. The Kier molecular flexibility index (Phi) is 3.92. The molecule has 0 radical (unpaired) electrons. The van der Waals surface area contributed by atoms with Crippen LogP contribution in [0.25, 0.3) is 6.08 Å². The van der Waals surface area contributed by atoms with Crippen LogP contribution in [-0.2, 0) is 6.42 Å². The SMILES string of the molecule is CCOc1cc2c(cc1/C=C/C(C)O)OC(C)C2. The summed E-state index contributed by atoms with van der Waals surface area (Å²) < 4.78 is 11.4. The van der Waals surface area contributed by atoms with Crippen molar-refractivity contribution in [3.8, 4) is 11.5 Å². The van der Waals surface area contributed by atoms with E-state index in [1.54, 1.807) is 13.0 Å². The van der Waals surface area contributed by atoms with E-state index in [0.717, 1.165) is 23.5 Å². The summed E-state index contributed by atoms with van der Waals surface area (Å²) >= 11 is 0. The molecule has 2 atom stereocenters.